The van der Waals surface area contributed by atoms with Gasteiger partial charge < -0.3 is 4.74 Å². The molecule has 0 unspecified atom stereocenters. The molecule has 0 aliphatic heterocycles. The molecule has 1 aliphatic carbocycles. The van der Waals surface area contributed by atoms with Gasteiger partial charge in [0, 0.05) is 6.08 Å². The lowest BCUT2D eigenvalue weighted by molar-refractivity contribution is -0.144. The van der Waals surface area contributed by atoms with Gasteiger partial charge in [-0.3, -0.25) is 0 Å². The predicted molar refractivity (Wildman–Crippen MR) is 81.4 cm³/mol. The van der Waals surface area contributed by atoms with E-state index in [0.717, 1.165) is 25.7 Å². The monoisotopic (exact) mass is 288 g/mol. The highest BCUT2D eigenvalue weighted by Gasteiger charge is 2.24. The minimum absolute atomic E-state index is 0.00412. The molecule has 0 radical (unpaired) electrons. The number of rotatable bonds is 4. The van der Waals surface area contributed by atoms with Crippen LogP contribution in [0.4, 0.5) is 4.39 Å². The van der Waals surface area contributed by atoms with Crippen LogP contribution in [0.25, 0.3) is 0 Å². The summed E-state index contributed by atoms with van der Waals surface area (Å²) < 4.78 is 18.3. The van der Waals surface area contributed by atoms with E-state index in [1.807, 2.05) is 25.1 Å². The first-order valence-corrected chi connectivity index (χ1v) is 7.44. The fourth-order valence-corrected chi connectivity index (χ4v) is 2.70. The maximum absolute atomic E-state index is 12.9. The van der Waals surface area contributed by atoms with Crippen LogP contribution in [0.5, 0.6) is 0 Å². The Morgan fingerprint density at radius 2 is 1.81 bits per heavy atom. The molecule has 1 fully saturated rings. The highest BCUT2D eigenvalue weighted by Crippen LogP contribution is 2.34. The van der Waals surface area contributed by atoms with Gasteiger partial charge in [0.1, 0.15) is 11.9 Å². The number of esters is 1. The van der Waals surface area contributed by atoms with Crippen molar-refractivity contribution in [2.75, 3.05) is 0 Å². The SMILES string of the molecule is CC=CC=CC(=O)OC1CCC(c2ccc(F)cc2)CC1. The van der Waals surface area contributed by atoms with Gasteiger partial charge in [0.25, 0.3) is 0 Å². The van der Waals surface area contributed by atoms with Crippen LogP contribution < -0.4 is 0 Å². The average Bonchev–Trinajstić information content (AvgIpc) is 2.49. The highest BCUT2D eigenvalue weighted by atomic mass is 19.1. The minimum atomic E-state index is -0.279. The van der Waals surface area contributed by atoms with E-state index in [1.165, 1.54) is 23.8 Å². The fraction of sp³-hybridized carbons (Fsp3) is 0.389. The highest BCUT2D eigenvalue weighted by molar-refractivity contribution is 5.82. The molecule has 0 aromatic heterocycles. The summed E-state index contributed by atoms with van der Waals surface area (Å²) in [5.74, 6) is -0.0354. The van der Waals surface area contributed by atoms with E-state index in [1.54, 1.807) is 12.2 Å². The normalized spacial score (nSPS) is 22.8. The quantitative estimate of drug-likeness (QED) is 0.462. The smallest absolute Gasteiger partial charge is 0.331 e. The Morgan fingerprint density at radius 1 is 1.14 bits per heavy atom. The molecule has 1 aliphatic rings. The van der Waals surface area contributed by atoms with Crippen LogP contribution >= 0.6 is 0 Å². The zero-order valence-corrected chi connectivity index (χ0v) is 12.3. The first-order valence-electron chi connectivity index (χ1n) is 7.44. The molecule has 0 heterocycles. The van der Waals surface area contributed by atoms with Crippen LogP contribution in [0.3, 0.4) is 0 Å². The second-order valence-corrected chi connectivity index (χ2v) is 5.35. The molecule has 1 aromatic rings. The molecule has 3 heteroatoms. The van der Waals surface area contributed by atoms with Crippen LogP contribution in [0.2, 0.25) is 0 Å². The Hall–Kier alpha value is -1.90. The van der Waals surface area contributed by atoms with Crippen molar-refractivity contribution in [3.8, 4) is 0 Å². The van der Waals surface area contributed by atoms with Crippen LogP contribution in [0, 0.1) is 5.82 Å². The molecule has 2 nitrogen and oxygen atoms in total. The molecule has 112 valence electrons. The van der Waals surface area contributed by atoms with Crippen molar-refractivity contribution >= 4 is 5.97 Å². The Labute approximate surface area is 125 Å². The predicted octanol–water partition coefficient (Wildman–Crippen LogP) is 4.53. The van der Waals surface area contributed by atoms with E-state index in [4.69, 9.17) is 4.74 Å². The van der Waals surface area contributed by atoms with Crippen LogP contribution in [-0.2, 0) is 9.53 Å². The van der Waals surface area contributed by atoms with Crippen molar-refractivity contribution in [2.24, 2.45) is 0 Å². The number of carbonyl (C=O) groups excluding carboxylic acids is 1. The van der Waals surface area contributed by atoms with E-state index >= 15 is 0 Å². The Bertz CT molecular complexity index is 509. The van der Waals surface area contributed by atoms with Crippen molar-refractivity contribution in [3.63, 3.8) is 0 Å². The number of hydrogen-bond acceptors (Lipinski definition) is 2. The van der Waals surface area contributed by atoms with Gasteiger partial charge in [-0.1, -0.05) is 30.4 Å². The largest absolute Gasteiger partial charge is 0.459 e. The fourth-order valence-electron chi connectivity index (χ4n) is 2.70. The molecular formula is C18H21FO2. The summed E-state index contributed by atoms with van der Waals surface area (Å²) in [5.41, 5.74) is 1.18. The minimum Gasteiger partial charge on any atom is -0.459 e. The van der Waals surface area contributed by atoms with Crippen molar-refractivity contribution in [1.82, 2.24) is 0 Å². The summed E-state index contributed by atoms with van der Waals surface area (Å²) in [6, 6.07) is 6.72. The molecule has 1 saturated carbocycles. The van der Waals surface area contributed by atoms with Crippen LogP contribution in [0.1, 0.15) is 44.1 Å². The van der Waals surface area contributed by atoms with Crippen molar-refractivity contribution < 1.29 is 13.9 Å². The Kier molecular flexibility index (Phi) is 5.73. The maximum atomic E-state index is 12.9. The van der Waals surface area contributed by atoms with Crippen molar-refractivity contribution in [3.05, 3.63) is 60.0 Å². The molecule has 1 aromatic carbocycles. The molecule has 0 saturated heterocycles. The lowest BCUT2D eigenvalue weighted by Gasteiger charge is -2.28. The molecule has 0 N–H and O–H groups in total. The van der Waals surface area contributed by atoms with E-state index in [-0.39, 0.29) is 17.9 Å². The number of ether oxygens (including phenoxy) is 1. The molecule has 0 atom stereocenters. The van der Waals surface area contributed by atoms with Gasteiger partial charge in [0.2, 0.25) is 0 Å². The summed E-state index contributed by atoms with van der Waals surface area (Å²) in [4.78, 5) is 11.6. The average molecular weight is 288 g/mol. The Morgan fingerprint density at radius 3 is 2.43 bits per heavy atom. The van der Waals surface area contributed by atoms with E-state index in [0.29, 0.717) is 5.92 Å². The third-order valence-electron chi connectivity index (χ3n) is 3.83. The van der Waals surface area contributed by atoms with E-state index in [9.17, 15) is 9.18 Å². The first kappa shape index (κ1) is 15.5. The van der Waals surface area contributed by atoms with Crippen LogP contribution in [0.15, 0.2) is 48.6 Å². The van der Waals surface area contributed by atoms with Gasteiger partial charge in [0.15, 0.2) is 0 Å². The van der Waals surface area contributed by atoms with E-state index < -0.39 is 0 Å². The lowest BCUT2D eigenvalue weighted by atomic mass is 9.83. The van der Waals surface area contributed by atoms with Crippen LogP contribution in [-0.4, -0.2) is 12.1 Å². The topological polar surface area (TPSA) is 26.3 Å². The molecule has 0 bridgehead atoms. The Balaban J connectivity index is 1.80. The lowest BCUT2D eigenvalue weighted by Crippen LogP contribution is -2.23. The number of carbonyl (C=O) groups is 1. The van der Waals surface area contributed by atoms with Gasteiger partial charge >= 0.3 is 5.97 Å². The molecule has 0 spiro atoms. The third-order valence-corrected chi connectivity index (χ3v) is 3.83. The van der Waals surface area contributed by atoms with Gasteiger partial charge in [-0.15, -0.1) is 0 Å². The summed E-state index contributed by atoms with van der Waals surface area (Å²) in [7, 11) is 0. The van der Waals surface area contributed by atoms with E-state index in [2.05, 4.69) is 0 Å². The second kappa shape index (κ2) is 7.77. The number of benzene rings is 1. The zero-order chi connectivity index (χ0) is 15.1. The van der Waals surface area contributed by atoms with Gasteiger partial charge in [0.05, 0.1) is 0 Å². The van der Waals surface area contributed by atoms with Gasteiger partial charge in [-0.05, 0) is 56.2 Å². The summed E-state index contributed by atoms with van der Waals surface area (Å²) in [6.45, 7) is 1.90. The molecule has 21 heavy (non-hydrogen) atoms. The second-order valence-electron chi connectivity index (χ2n) is 5.35. The molecular weight excluding hydrogens is 267 g/mol. The number of hydrogen-bond donors (Lipinski definition) is 0. The van der Waals surface area contributed by atoms with Crippen molar-refractivity contribution in [2.45, 2.75) is 44.6 Å². The maximum Gasteiger partial charge on any atom is 0.331 e. The third kappa shape index (κ3) is 4.85. The number of allylic oxidation sites excluding steroid dienone is 3. The first-order chi connectivity index (χ1) is 10.2. The molecule has 0 amide bonds. The standard InChI is InChI=1S/C18H21FO2/c1-2-3-4-5-18(20)21-17-12-8-15(9-13-17)14-6-10-16(19)11-7-14/h2-7,10-11,15,17H,8-9,12-13H2,1H3. The summed E-state index contributed by atoms with van der Waals surface area (Å²) in [5, 5.41) is 0. The van der Waals surface area contributed by atoms with Gasteiger partial charge in [-0.25, -0.2) is 9.18 Å². The zero-order valence-electron chi connectivity index (χ0n) is 12.3. The molecule has 2 rings (SSSR count). The number of halogens is 1. The summed E-state index contributed by atoms with van der Waals surface area (Å²) in [6.07, 6.45) is 10.5. The van der Waals surface area contributed by atoms with Crippen molar-refractivity contribution in [1.29, 1.82) is 0 Å². The summed E-state index contributed by atoms with van der Waals surface area (Å²) >= 11 is 0. The van der Waals surface area contributed by atoms with Gasteiger partial charge in [-0.2, -0.15) is 0 Å².